The number of H-pyrrole nitrogens is 1. The Hall–Kier alpha value is -3.77. The van der Waals surface area contributed by atoms with Crippen molar-refractivity contribution in [2.24, 2.45) is 0 Å². The summed E-state index contributed by atoms with van der Waals surface area (Å²) in [5.41, 5.74) is 4.64. The second-order valence-corrected chi connectivity index (χ2v) is 9.10. The molecule has 5 rings (SSSR count). The number of aryl methyl sites for hydroxylation is 2. The predicted octanol–water partition coefficient (Wildman–Crippen LogP) is 5.60. The fraction of sp³-hybridized carbons (Fsp3) is 0.185. The first kappa shape index (κ1) is 22.0. The molecule has 34 heavy (non-hydrogen) atoms. The lowest BCUT2D eigenvalue weighted by Crippen LogP contribution is -2.16. The molecule has 7 heteroatoms. The van der Waals surface area contributed by atoms with E-state index in [-0.39, 0.29) is 17.3 Å². The van der Waals surface area contributed by atoms with Crippen molar-refractivity contribution in [2.75, 3.05) is 0 Å². The molecule has 0 amide bonds. The van der Waals surface area contributed by atoms with Gasteiger partial charge in [-0.2, -0.15) is 5.10 Å². The third-order valence-electron chi connectivity index (χ3n) is 6.35. The molecule has 0 aliphatic heterocycles. The van der Waals surface area contributed by atoms with Crippen molar-refractivity contribution in [3.8, 4) is 28.6 Å². The lowest BCUT2D eigenvalue weighted by atomic mass is 9.88. The Balaban J connectivity index is 1.53. The molecule has 0 saturated heterocycles. The molecule has 0 fully saturated rings. The molecule has 3 N–H and O–H groups in total. The van der Waals surface area contributed by atoms with Gasteiger partial charge >= 0.3 is 5.69 Å². The number of nitrogens with one attached hydrogen (secondary N) is 1. The molecule has 0 bridgehead atoms. The first-order valence-electron chi connectivity index (χ1n) is 11.2. The molecule has 0 radical (unpaired) electrons. The van der Waals surface area contributed by atoms with Crippen molar-refractivity contribution < 1.29 is 10.2 Å². The van der Waals surface area contributed by atoms with Gasteiger partial charge in [-0.3, -0.25) is 0 Å². The molecule has 1 aromatic heterocycles. The summed E-state index contributed by atoms with van der Waals surface area (Å²) < 4.78 is 1.45. The average Bonchev–Trinajstić information content (AvgIpc) is 3.20. The number of phenols is 2. The predicted molar refractivity (Wildman–Crippen MR) is 134 cm³/mol. The Morgan fingerprint density at radius 1 is 1.06 bits per heavy atom. The molecule has 4 aromatic rings. The monoisotopic (exact) mass is 473 g/mol. The second-order valence-electron chi connectivity index (χ2n) is 8.66. The highest BCUT2D eigenvalue weighted by atomic mass is 35.5. The first-order valence-corrected chi connectivity index (χ1v) is 11.6. The number of nitrogens with zero attached hydrogens (tertiary/aromatic N) is 2. The third kappa shape index (κ3) is 4.13. The van der Waals surface area contributed by atoms with Gasteiger partial charge in [-0.1, -0.05) is 48.9 Å². The third-order valence-corrected chi connectivity index (χ3v) is 6.60. The maximum Gasteiger partial charge on any atom is 0.348 e. The summed E-state index contributed by atoms with van der Waals surface area (Å²) in [5.74, 6) is 0.536. The van der Waals surface area contributed by atoms with Gasteiger partial charge in [0.1, 0.15) is 11.5 Å². The van der Waals surface area contributed by atoms with Crippen LogP contribution >= 0.6 is 11.6 Å². The van der Waals surface area contributed by atoms with Gasteiger partial charge in [-0.05, 0) is 77.8 Å². The number of fused-ring (bicyclic) bond motifs is 1. The van der Waals surface area contributed by atoms with E-state index in [1.807, 2.05) is 42.5 Å². The van der Waals surface area contributed by atoms with E-state index in [4.69, 9.17) is 11.6 Å². The zero-order valence-corrected chi connectivity index (χ0v) is 19.4. The van der Waals surface area contributed by atoms with Crippen molar-refractivity contribution in [3.05, 3.63) is 98.4 Å². The Kier molecular flexibility index (Phi) is 5.75. The van der Waals surface area contributed by atoms with Crippen molar-refractivity contribution in [3.63, 3.8) is 0 Å². The maximum absolute atomic E-state index is 12.7. The minimum Gasteiger partial charge on any atom is -0.508 e. The Morgan fingerprint density at radius 3 is 2.65 bits per heavy atom. The second kappa shape index (κ2) is 8.88. The summed E-state index contributed by atoms with van der Waals surface area (Å²) >= 11 is 5.96. The number of aromatic hydroxyl groups is 2. The summed E-state index contributed by atoms with van der Waals surface area (Å²) in [5, 5.41) is 28.5. The summed E-state index contributed by atoms with van der Waals surface area (Å²) in [4.78, 5) is 12.7. The van der Waals surface area contributed by atoms with Crippen LogP contribution in [0.4, 0.5) is 0 Å². The zero-order chi connectivity index (χ0) is 23.8. The smallest absolute Gasteiger partial charge is 0.348 e. The van der Waals surface area contributed by atoms with E-state index < -0.39 is 5.69 Å². The summed E-state index contributed by atoms with van der Waals surface area (Å²) in [6, 6.07) is 16.4. The van der Waals surface area contributed by atoms with Crippen molar-refractivity contribution in [2.45, 2.75) is 32.1 Å². The highest BCUT2D eigenvalue weighted by Gasteiger charge is 2.20. The molecule has 1 heterocycles. The van der Waals surface area contributed by atoms with Gasteiger partial charge in [0.2, 0.25) is 0 Å². The molecule has 1 aliphatic carbocycles. The fourth-order valence-electron chi connectivity index (χ4n) is 4.47. The standard InChI is InChI=1S/C27H24ClN3O3/c1-16-3-2-4-18-13-21(11-12-22(16)18)31-26(29-30-27(31)34)23-14-19(24(32)15-25(23)33)8-5-17-6-9-20(28)10-7-17/h2,4,6-7,9-16,32-33H,3,5,8H2,1H3,(H,30,34). The number of rotatable bonds is 5. The van der Waals surface area contributed by atoms with Crippen LogP contribution in [-0.2, 0) is 12.8 Å². The van der Waals surface area contributed by atoms with Gasteiger partial charge in [0.05, 0.1) is 11.3 Å². The van der Waals surface area contributed by atoms with Crippen LogP contribution < -0.4 is 5.69 Å². The SMILES string of the molecule is CC1CC=Cc2cc(-n3c(-c4cc(CCc5ccc(Cl)cc5)c(O)cc4O)n[nH]c3=O)ccc21. The number of hydrogen-bond acceptors (Lipinski definition) is 4. The fourth-order valence-corrected chi connectivity index (χ4v) is 4.60. The van der Waals surface area contributed by atoms with Gasteiger partial charge in [-0.25, -0.2) is 14.5 Å². The molecule has 1 unspecified atom stereocenters. The molecule has 3 aromatic carbocycles. The van der Waals surface area contributed by atoms with Gasteiger partial charge in [0.25, 0.3) is 0 Å². The highest BCUT2D eigenvalue weighted by molar-refractivity contribution is 6.30. The van der Waals surface area contributed by atoms with E-state index in [2.05, 4.69) is 29.3 Å². The number of aromatic amines is 1. The lowest BCUT2D eigenvalue weighted by Gasteiger charge is -2.19. The topological polar surface area (TPSA) is 91.1 Å². The van der Waals surface area contributed by atoms with E-state index in [0.717, 1.165) is 17.5 Å². The summed E-state index contributed by atoms with van der Waals surface area (Å²) in [6.45, 7) is 2.18. The first-order chi connectivity index (χ1) is 16.4. The van der Waals surface area contributed by atoms with Crippen molar-refractivity contribution in [1.29, 1.82) is 0 Å². The van der Waals surface area contributed by atoms with Crippen LogP contribution in [0, 0.1) is 0 Å². The van der Waals surface area contributed by atoms with Gasteiger partial charge in [0.15, 0.2) is 5.82 Å². The van der Waals surface area contributed by atoms with Gasteiger partial charge in [0, 0.05) is 11.1 Å². The minimum atomic E-state index is -0.405. The molecule has 0 spiro atoms. The number of phenolic OH excluding ortho intramolecular Hbond substituents is 2. The lowest BCUT2D eigenvalue weighted by molar-refractivity contribution is 0.446. The van der Waals surface area contributed by atoms with Gasteiger partial charge in [-0.15, -0.1) is 0 Å². The van der Waals surface area contributed by atoms with Crippen LogP contribution in [-0.4, -0.2) is 25.0 Å². The van der Waals surface area contributed by atoms with Crippen molar-refractivity contribution >= 4 is 17.7 Å². The average molecular weight is 474 g/mol. The van der Waals surface area contributed by atoms with Crippen molar-refractivity contribution in [1.82, 2.24) is 14.8 Å². The van der Waals surface area contributed by atoms with Crippen LogP contribution in [0.1, 0.15) is 41.5 Å². The molecule has 1 atom stereocenters. The summed E-state index contributed by atoms with van der Waals surface area (Å²) in [6.07, 6.45) is 6.41. The Bertz CT molecular complexity index is 1450. The van der Waals surface area contributed by atoms with E-state index in [9.17, 15) is 15.0 Å². The van der Waals surface area contributed by atoms with Crippen LogP contribution in [0.2, 0.25) is 5.02 Å². The number of halogens is 1. The molecular formula is C27H24ClN3O3. The van der Waals surface area contributed by atoms with E-state index >= 15 is 0 Å². The van der Waals surface area contributed by atoms with Crippen LogP contribution in [0.5, 0.6) is 11.5 Å². The van der Waals surface area contributed by atoms with E-state index in [0.29, 0.717) is 40.6 Å². The number of benzene rings is 3. The molecule has 6 nitrogen and oxygen atoms in total. The minimum absolute atomic E-state index is 0.00690. The van der Waals surface area contributed by atoms with E-state index in [1.165, 1.54) is 16.2 Å². The highest BCUT2D eigenvalue weighted by Crippen LogP contribution is 2.36. The zero-order valence-electron chi connectivity index (χ0n) is 18.6. The number of aromatic nitrogens is 3. The Labute approximate surface area is 201 Å². The normalized spacial score (nSPS) is 14.8. The summed E-state index contributed by atoms with van der Waals surface area (Å²) in [7, 11) is 0. The largest absolute Gasteiger partial charge is 0.508 e. The van der Waals surface area contributed by atoms with E-state index in [1.54, 1.807) is 6.07 Å². The molecule has 172 valence electrons. The molecule has 0 saturated carbocycles. The van der Waals surface area contributed by atoms with Crippen LogP contribution in [0.25, 0.3) is 23.2 Å². The quantitative estimate of drug-likeness (QED) is 0.352. The molecular weight excluding hydrogens is 450 g/mol. The van der Waals surface area contributed by atoms with Crippen LogP contribution in [0.15, 0.2) is 65.5 Å². The van der Waals surface area contributed by atoms with Crippen LogP contribution in [0.3, 0.4) is 0 Å². The maximum atomic E-state index is 12.7. The van der Waals surface area contributed by atoms with Gasteiger partial charge < -0.3 is 10.2 Å². The number of hydrogen-bond donors (Lipinski definition) is 3. The molecule has 1 aliphatic rings. The number of allylic oxidation sites excluding steroid dienone is 1. The Morgan fingerprint density at radius 2 is 1.85 bits per heavy atom.